The van der Waals surface area contributed by atoms with Gasteiger partial charge in [0.1, 0.15) is 5.82 Å². The maximum Gasteiger partial charge on any atom is 0.146 e. The van der Waals surface area contributed by atoms with Crippen molar-refractivity contribution in [3.05, 3.63) is 29.6 Å². The molecule has 1 saturated heterocycles. The number of ether oxygens (including phenoxy) is 1. The van der Waals surface area contributed by atoms with Crippen LogP contribution < -0.4 is 10.2 Å². The van der Waals surface area contributed by atoms with Crippen LogP contribution in [0.3, 0.4) is 0 Å². The van der Waals surface area contributed by atoms with Crippen LogP contribution in [0.4, 0.5) is 10.1 Å². The Morgan fingerprint density at radius 2 is 1.95 bits per heavy atom. The first kappa shape index (κ1) is 16.2. The highest BCUT2D eigenvalue weighted by atomic mass is 19.1. The molecule has 2 unspecified atom stereocenters. The van der Waals surface area contributed by atoms with E-state index in [0.717, 1.165) is 31.7 Å². The number of nitrogens with zero attached hydrogens (tertiary/aromatic N) is 1. The fourth-order valence-corrected chi connectivity index (χ4v) is 2.79. The number of benzene rings is 1. The predicted molar refractivity (Wildman–Crippen MR) is 85.2 cm³/mol. The molecule has 1 aromatic rings. The van der Waals surface area contributed by atoms with Crippen molar-refractivity contribution >= 4 is 5.69 Å². The van der Waals surface area contributed by atoms with E-state index < -0.39 is 0 Å². The van der Waals surface area contributed by atoms with Gasteiger partial charge in [-0.3, -0.25) is 0 Å². The first-order valence-electron chi connectivity index (χ1n) is 7.85. The minimum atomic E-state index is -0.149. The van der Waals surface area contributed by atoms with Gasteiger partial charge in [-0.2, -0.15) is 0 Å². The molecular formula is C17H27FN2O. The summed E-state index contributed by atoms with van der Waals surface area (Å²) in [6, 6.07) is 5.40. The lowest BCUT2D eigenvalue weighted by Crippen LogP contribution is -2.45. The molecule has 0 spiro atoms. The van der Waals surface area contributed by atoms with Crippen LogP contribution in [0.15, 0.2) is 18.2 Å². The Labute approximate surface area is 127 Å². The molecule has 0 aromatic heterocycles. The van der Waals surface area contributed by atoms with Gasteiger partial charge in [0.2, 0.25) is 0 Å². The van der Waals surface area contributed by atoms with Crippen molar-refractivity contribution in [3.63, 3.8) is 0 Å². The second-order valence-corrected chi connectivity index (χ2v) is 6.47. The Hall–Kier alpha value is -1.13. The van der Waals surface area contributed by atoms with Crippen molar-refractivity contribution in [2.24, 2.45) is 5.92 Å². The van der Waals surface area contributed by atoms with Crippen LogP contribution in [-0.4, -0.2) is 31.8 Å². The Balaban J connectivity index is 2.07. The summed E-state index contributed by atoms with van der Waals surface area (Å²) >= 11 is 0. The summed E-state index contributed by atoms with van der Waals surface area (Å²) in [6.07, 6.45) is 0.270. The molecule has 1 aliphatic heterocycles. The van der Waals surface area contributed by atoms with E-state index in [2.05, 4.69) is 24.1 Å². The van der Waals surface area contributed by atoms with Gasteiger partial charge in [0.05, 0.1) is 17.9 Å². The van der Waals surface area contributed by atoms with E-state index >= 15 is 0 Å². The Kier molecular flexibility index (Phi) is 5.59. The monoisotopic (exact) mass is 294 g/mol. The van der Waals surface area contributed by atoms with E-state index in [-0.39, 0.29) is 18.0 Å². The van der Waals surface area contributed by atoms with Gasteiger partial charge < -0.3 is 15.0 Å². The van der Waals surface area contributed by atoms with E-state index in [1.807, 2.05) is 26.0 Å². The molecule has 0 saturated carbocycles. The number of morpholine rings is 1. The number of rotatable bonds is 5. The van der Waals surface area contributed by atoms with Gasteiger partial charge in [-0.25, -0.2) is 4.39 Å². The van der Waals surface area contributed by atoms with Crippen molar-refractivity contribution in [1.82, 2.24) is 5.32 Å². The van der Waals surface area contributed by atoms with E-state index in [4.69, 9.17) is 4.74 Å². The molecule has 2 atom stereocenters. The molecule has 0 radical (unpaired) electrons. The fourth-order valence-electron chi connectivity index (χ4n) is 2.79. The second-order valence-electron chi connectivity index (χ2n) is 6.47. The van der Waals surface area contributed by atoms with Crippen LogP contribution >= 0.6 is 0 Å². The van der Waals surface area contributed by atoms with E-state index in [1.165, 1.54) is 0 Å². The summed E-state index contributed by atoms with van der Waals surface area (Å²) in [5, 5.41) is 3.40. The Bertz CT molecular complexity index is 454. The molecule has 1 N–H and O–H groups in total. The van der Waals surface area contributed by atoms with Crippen molar-refractivity contribution in [3.8, 4) is 0 Å². The lowest BCUT2D eigenvalue weighted by Gasteiger charge is -2.37. The summed E-state index contributed by atoms with van der Waals surface area (Å²) in [4.78, 5) is 2.10. The van der Waals surface area contributed by atoms with Crippen molar-refractivity contribution in [2.75, 3.05) is 24.5 Å². The molecule has 1 aliphatic rings. The highest BCUT2D eigenvalue weighted by molar-refractivity contribution is 5.50. The summed E-state index contributed by atoms with van der Waals surface area (Å²) in [6.45, 7) is 11.7. The third-order valence-corrected chi connectivity index (χ3v) is 3.65. The highest BCUT2D eigenvalue weighted by Gasteiger charge is 2.24. The van der Waals surface area contributed by atoms with Crippen LogP contribution in [0.2, 0.25) is 0 Å². The maximum atomic E-state index is 14.2. The number of nitrogens with one attached hydrogen (secondary N) is 1. The number of halogens is 1. The summed E-state index contributed by atoms with van der Waals surface area (Å²) < 4.78 is 19.9. The van der Waals surface area contributed by atoms with Gasteiger partial charge in [0.25, 0.3) is 0 Å². The minimum Gasteiger partial charge on any atom is -0.372 e. The molecule has 4 heteroatoms. The number of hydrogen-bond acceptors (Lipinski definition) is 3. The topological polar surface area (TPSA) is 24.5 Å². The molecule has 3 nitrogen and oxygen atoms in total. The van der Waals surface area contributed by atoms with E-state index in [1.54, 1.807) is 6.07 Å². The quantitative estimate of drug-likeness (QED) is 0.902. The van der Waals surface area contributed by atoms with Gasteiger partial charge >= 0.3 is 0 Å². The molecule has 1 aromatic carbocycles. The molecule has 0 aliphatic carbocycles. The van der Waals surface area contributed by atoms with Gasteiger partial charge in [-0.05, 0) is 44.0 Å². The van der Waals surface area contributed by atoms with Crippen molar-refractivity contribution in [1.29, 1.82) is 0 Å². The highest BCUT2D eigenvalue weighted by Crippen LogP contribution is 2.24. The van der Waals surface area contributed by atoms with Gasteiger partial charge in [0, 0.05) is 19.6 Å². The zero-order valence-corrected chi connectivity index (χ0v) is 13.5. The predicted octanol–water partition coefficient (Wildman–Crippen LogP) is 3.18. The Morgan fingerprint density at radius 1 is 1.29 bits per heavy atom. The zero-order valence-electron chi connectivity index (χ0n) is 13.5. The molecule has 118 valence electrons. The summed E-state index contributed by atoms with van der Waals surface area (Å²) in [7, 11) is 0. The van der Waals surface area contributed by atoms with E-state index in [9.17, 15) is 4.39 Å². The molecular weight excluding hydrogens is 267 g/mol. The van der Waals surface area contributed by atoms with Crippen LogP contribution in [-0.2, 0) is 11.3 Å². The first-order valence-corrected chi connectivity index (χ1v) is 7.85. The van der Waals surface area contributed by atoms with Crippen LogP contribution in [0.5, 0.6) is 0 Å². The van der Waals surface area contributed by atoms with Crippen LogP contribution in [0, 0.1) is 11.7 Å². The minimum absolute atomic E-state index is 0.135. The lowest BCUT2D eigenvalue weighted by atomic mass is 10.1. The summed E-state index contributed by atoms with van der Waals surface area (Å²) in [5.74, 6) is 0.467. The standard InChI is InChI=1S/C17H27FN2O/c1-12(2)8-19-9-15-5-6-16(18)17(7-15)20-10-13(3)21-14(4)11-20/h5-7,12-14,19H,8-11H2,1-4H3. The first-order chi connectivity index (χ1) is 9.95. The molecule has 2 rings (SSSR count). The number of anilines is 1. The third-order valence-electron chi connectivity index (χ3n) is 3.65. The average molecular weight is 294 g/mol. The van der Waals surface area contributed by atoms with Crippen molar-refractivity contribution in [2.45, 2.75) is 46.4 Å². The largest absolute Gasteiger partial charge is 0.372 e. The normalized spacial score (nSPS) is 22.9. The lowest BCUT2D eigenvalue weighted by molar-refractivity contribution is -0.00539. The average Bonchev–Trinajstić information content (AvgIpc) is 2.39. The molecule has 0 amide bonds. The fraction of sp³-hybridized carbons (Fsp3) is 0.647. The van der Waals surface area contributed by atoms with Gasteiger partial charge in [0.15, 0.2) is 0 Å². The van der Waals surface area contributed by atoms with E-state index in [0.29, 0.717) is 11.6 Å². The van der Waals surface area contributed by atoms with Crippen molar-refractivity contribution < 1.29 is 9.13 Å². The third kappa shape index (κ3) is 4.68. The number of hydrogen-bond donors (Lipinski definition) is 1. The molecule has 1 fully saturated rings. The van der Waals surface area contributed by atoms with Gasteiger partial charge in [-0.1, -0.05) is 19.9 Å². The van der Waals surface area contributed by atoms with Crippen LogP contribution in [0.25, 0.3) is 0 Å². The SMILES string of the molecule is CC(C)CNCc1ccc(F)c(N2CC(C)OC(C)C2)c1. The smallest absolute Gasteiger partial charge is 0.146 e. The molecule has 1 heterocycles. The Morgan fingerprint density at radius 3 is 2.57 bits per heavy atom. The second kappa shape index (κ2) is 7.23. The molecule has 21 heavy (non-hydrogen) atoms. The summed E-state index contributed by atoms with van der Waals surface area (Å²) in [5.41, 5.74) is 1.82. The maximum absolute atomic E-state index is 14.2. The van der Waals surface area contributed by atoms with Gasteiger partial charge in [-0.15, -0.1) is 0 Å². The van der Waals surface area contributed by atoms with Crippen LogP contribution in [0.1, 0.15) is 33.3 Å². The zero-order chi connectivity index (χ0) is 15.4. The molecule has 0 bridgehead atoms.